The minimum Gasteiger partial charge on any atom is -0.391 e. The van der Waals surface area contributed by atoms with Gasteiger partial charge in [0, 0.05) is 24.4 Å². The van der Waals surface area contributed by atoms with E-state index in [0.29, 0.717) is 6.54 Å². The zero-order valence-corrected chi connectivity index (χ0v) is 9.35. The topological polar surface area (TPSA) is 36.4 Å². The van der Waals surface area contributed by atoms with Crippen LogP contribution >= 0.6 is 0 Å². The van der Waals surface area contributed by atoms with Crippen LogP contribution in [-0.4, -0.2) is 41.7 Å². The Kier molecular flexibility index (Phi) is 3.03. The number of rotatable bonds is 3. The highest BCUT2D eigenvalue weighted by Gasteiger charge is 2.29. The number of likely N-dealkylation sites (N-methyl/N-ethyl adjacent to an activating group) is 1. The molecule has 0 amide bonds. The number of aromatic nitrogens is 1. The molecule has 0 fully saturated rings. The fourth-order valence-electron chi connectivity index (χ4n) is 2.32. The molecular weight excluding hydrogens is 188 g/mol. The molecule has 1 N–H and O–H groups in total. The number of aliphatic hydroxyl groups is 1. The van der Waals surface area contributed by atoms with Gasteiger partial charge in [-0.1, -0.05) is 6.07 Å². The maximum atomic E-state index is 10.1. The van der Waals surface area contributed by atoms with Crippen LogP contribution in [0.5, 0.6) is 0 Å². The van der Waals surface area contributed by atoms with Crippen molar-refractivity contribution in [1.82, 2.24) is 9.88 Å². The number of hydrogen-bond acceptors (Lipinski definition) is 3. The van der Waals surface area contributed by atoms with Gasteiger partial charge >= 0.3 is 0 Å². The van der Waals surface area contributed by atoms with Crippen molar-refractivity contribution >= 4 is 0 Å². The van der Waals surface area contributed by atoms with Crippen LogP contribution in [0.1, 0.15) is 23.6 Å². The number of hydrogen-bond donors (Lipinski definition) is 1. The van der Waals surface area contributed by atoms with E-state index in [-0.39, 0.29) is 12.0 Å². The highest BCUT2D eigenvalue weighted by Crippen LogP contribution is 2.33. The Balaban J connectivity index is 2.13. The number of nitrogens with zero attached hydrogens (tertiary/aromatic N) is 2. The van der Waals surface area contributed by atoms with E-state index in [1.165, 1.54) is 5.56 Å². The van der Waals surface area contributed by atoms with E-state index in [4.69, 9.17) is 0 Å². The molecule has 0 saturated carbocycles. The zero-order chi connectivity index (χ0) is 10.8. The molecule has 2 rings (SSSR count). The Morgan fingerprint density at radius 2 is 2.40 bits per heavy atom. The molecule has 3 heteroatoms. The van der Waals surface area contributed by atoms with Crippen LogP contribution in [0.15, 0.2) is 18.3 Å². The summed E-state index contributed by atoms with van der Waals surface area (Å²) in [6.45, 7) is 0.709. The molecular formula is C12H18N2O. The van der Waals surface area contributed by atoms with Crippen molar-refractivity contribution in [2.45, 2.75) is 24.9 Å². The summed E-state index contributed by atoms with van der Waals surface area (Å²) in [7, 11) is 3.97. The minimum atomic E-state index is -0.295. The van der Waals surface area contributed by atoms with Gasteiger partial charge in [0.2, 0.25) is 0 Å². The maximum absolute atomic E-state index is 10.1. The summed E-state index contributed by atoms with van der Waals surface area (Å²) >= 11 is 0. The molecule has 3 nitrogen and oxygen atoms in total. The summed E-state index contributed by atoms with van der Waals surface area (Å²) in [5.74, 6) is 0.226. The third-order valence-corrected chi connectivity index (χ3v) is 3.02. The van der Waals surface area contributed by atoms with Crippen LogP contribution < -0.4 is 0 Å². The second-order valence-corrected chi connectivity index (χ2v) is 4.52. The Morgan fingerprint density at radius 3 is 3.13 bits per heavy atom. The molecule has 2 atom stereocenters. The van der Waals surface area contributed by atoms with Crippen LogP contribution in [0.25, 0.3) is 0 Å². The first-order valence-electron chi connectivity index (χ1n) is 5.45. The van der Waals surface area contributed by atoms with Crippen molar-refractivity contribution in [1.29, 1.82) is 0 Å². The molecule has 1 aromatic heterocycles. The highest BCUT2D eigenvalue weighted by atomic mass is 16.3. The first kappa shape index (κ1) is 10.6. The summed E-state index contributed by atoms with van der Waals surface area (Å²) in [6, 6.07) is 4.09. The first-order valence-corrected chi connectivity index (χ1v) is 5.45. The first-order chi connectivity index (χ1) is 7.18. The highest BCUT2D eigenvalue weighted by molar-refractivity contribution is 5.29. The van der Waals surface area contributed by atoms with E-state index in [1.54, 1.807) is 0 Å². The van der Waals surface area contributed by atoms with Gasteiger partial charge in [0.25, 0.3) is 0 Å². The second kappa shape index (κ2) is 4.29. The standard InChI is InChI=1S/C12H18N2O/c1-14(2)8-11(15)10-6-5-9-4-3-7-13-12(9)10/h3-4,7,10-11,15H,5-6,8H2,1-2H3. The Morgan fingerprint density at radius 1 is 1.60 bits per heavy atom. The normalized spacial score (nSPS) is 21.7. The quantitative estimate of drug-likeness (QED) is 0.802. The summed E-state index contributed by atoms with van der Waals surface area (Å²) in [5, 5.41) is 10.1. The molecule has 15 heavy (non-hydrogen) atoms. The Labute approximate surface area is 90.8 Å². The lowest BCUT2D eigenvalue weighted by atomic mass is 9.99. The molecule has 1 aliphatic carbocycles. The minimum absolute atomic E-state index is 0.226. The van der Waals surface area contributed by atoms with Gasteiger partial charge in [-0.05, 0) is 38.6 Å². The Hall–Kier alpha value is -0.930. The zero-order valence-electron chi connectivity index (χ0n) is 9.35. The summed E-state index contributed by atoms with van der Waals surface area (Å²) in [6.07, 6.45) is 3.61. The molecule has 0 radical (unpaired) electrons. The average molecular weight is 206 g/mol. The van der Waals surface area contributed by atoms with E-state index < -0.39 is 0 Å². The molecule has 0 spiro atoms. The van der Waals surface area contributed by atoms with Gasteiger partial charge < -0.3 is 10.0 Å². The molecule has 0 saturated heterocycles. The van der Waals surface area contributed by atoms with E-state index in [0.717, 1.165) is 18.5 Å². The van der Waals surface area contributed by atoms with Gasteiger partial charge in [-0.25, -0.2) is 0 Å². The van der Waals surface area contributed by atoms with Crippen molar-refractivity contribution in [2.75, 3.05) is 20.6 Å². The fraction of sp³-hybridized carbons (Fsp3) is 0.583. The van der Waals surface area contributed by atoms with E-state index in [1.807, 2.05) is 31.3 Å². The number of fused-ring (bicyclic) bond motifs is 1. The molecule has 0 bridgehead atoms. The lowest BCUT2D eigenvalue weighted by Crippen LogP contribution is -2.30. The maximum Gasteiger partial charge on any atom is 0.0750 e. The third-order valence-electron chi connectivity index (χ3n) is 3.02. The molecule has 2 unspecified atom stereocenters. The van der Waals surface area contributed by atoms with Crippen LogP contribution in [-0.2, 0) is 6.42 Å². The van der Waals surface area contributed by atoms with Gasteiger partial charge in [-0.2, -0.15) is 0 Å². The van der Waals surface area contributed by atoms with Crippen LogP contribution in [0, 0.1) is 0 Å². The number of aliphatic hydroxyl groups excluding tert-OH is 1. The monoisotopic (exact) mass is 206 g/mol. The van der Waals surface area contributed by atoms with Crippen molar-refractivity contribution in [3.8, 4) is 0 Å². The predicted octanol–water partition coefficient (Wildman–Crippen LogP) is 1.03. The third kappa shape index (κ3) is 2.19. The summed E-state index contributed by atoms with van der Waals surface area (Å²) < 4.78 is 0. The second-order valence-electron chi connectivity index (χ2n) is 4.52. The Bertz CT molecular complexity index is 338. The predicted molar refractivity (Wildman–Crippen MR) is 59.9 cm³/mol. The number of pyridine rings is 1. The van der Waals surface area contributed by atoms with Gasteiger partial charge in [0.05, 0.1) is 6.10 Å². The van der Waals surface area contributed by atoms with Crippen molar-refractivity contribution in [3.05, 3.63) is 29.6 Å². The lowest BCUT2D eigenvalue weighted by Gasteiger charge is -2.21. The SMILES string of the molecule is CN(C)CC(O)C1CCc2cccnc21. The molecule has 1 heterocycles. The lowest BCUT2D eigenvalue weighted by molar-refractivity contribution is 0.108. The molecule has 0 aliphatic heterocycles. The summed E-state index contributed by atoms with van der Waals surface area (Å²) in [4.78, 5) is 6.41. The van der Waals surface area contributed by atoms with E-state index in [2.05, 4.69) is 11.1 Å². The molecule has 82 valence electrons. The van der Waals surface area contributed by atoms with Crippen molar-refractivity contribution < 1.29 is 5.11 Å². The molecule has 0 aromatic carbocycles. The van der Waals surface area contributed by atoms with E-state index in [9.17, 15) is 5.11 Å². The molecule has 1 aromatic rings. The van der Waals surface area contributed by atoms with E-state index >= 15 is 0 Å². The fourth-order valence-corrected chi connectivity index (χ4v) is 2.32. The van der Waals surface area contributed by atoms with Crippen molar-refractivity contribution in [3.63, 3.8) is 0 Å². The van der Waals surface area contributed by atoms with Gasteiger partial charge in [-0.3, -0.25) is 4.98 Å². The van der Waals surface area contributed by atoms with Gasteiger partial charge in [-0.15, -0.1) is 0 Å². The van der Waals surface area contributed by atoms with Gasteiger partial charge in [0.15, 0.2) is 0 Å². The van der Waals surface area contributed by atoms with Crippen LogP contribution in [0.3, 0.4) is 0 Å². The largest absolute Gasteiger partial charge is 0.391 e. The van der Waals surface area contributed by atoms with Crippen LogP contribution in [0.2, 0.25) is 0 Å². The smallest absolute Gasteiger partial charge is 0.0750 e. The van der Waals surface area contributed by atoms with Gasteiger partial charge in [0.1, 0.15) is 0 Å². The van der Waals surface area contributed by atoms with Crippen molar-refractivity contribution in [2.24, 2.45) is 0 Å². The van der Waals surface area contributed by atoms with Crippen LogP contribution in [0.4, 0.5) is 0 Å². The average Bonchev–Trinajstić information content (AvgIpc) is 2.59. The number of aryl methyl sites for hydroxylation is 1. The summed E-state index contributed by atoms with van der Waals surface area (Å²) in [5.41, 5.74) is 2.41. The molecule has 1 aliphatic rings.